The standard InChI is InChI=1S/C24H26ClFN6OS/c1-24(2,3)29-21-20(16-8-6-10-18(26)12-16)28-22-32(21)30-23(34-22)31(4)14-19(33)27-13-15-7-5-9-17(25)11-15/h5-12,29H,13-14H2,1-4H3,(H,27,33). The fraction of sp³-hybridized carbons (Fsp3) is 0.292. The molecule has 0 unspecified atom stereocenters. The van der Waals surface area contributed by atoms with E-state index in [1.54, 1.807) is 21.5 Å². The summed E-state index contributed by atoms with van der Waals surface area (Å²) in [5, 5.41) is 12.3. The first-order valence-corrected chi connectivity index (χ1v) is 11.9. The van der Waals surface area contributed by atoms with Crippen molar-refractivity contribution in [2.75, 3.05) is 23.8 Å². The zero-order valence-corrected chi connectivity index (χ0v) is 21.0. The number of hydrogen-bond acceptors (Lipinski definition) is 6. The Hall–Kier alpha value is -3.17. The van der Waals surface area contributed by atoms with Crippen LogP contribution in [0.3, 0.4) is 0 Å². The third-order valence-electron chi connectivity index (χ3n) is 4.87. The summed E-state index contributed by atoms with van der Waals surface area (Å²) in [4.78, 5) is 19.6. The van der Waals surface area contributed by atoms with E-state index in [1.165, 1.54) is 23.5 Å². The second-order valence-electron chi connectivity index (χ2n) is 9.04. The van der Waals surface area contributed by atoms with Gasteiger partial charge in [0.15, 0.2) is 5.82 Å². The zero-order chi connectivity index (χ0) is 24.5. The van der Waals surface area contributed by atoms with E-state index in [0.29, 0.717) is 38.7 Å². The lowest BCUT2D eigenvalue weighted by Crippen LogP contribution is -2.34. The van der Waals surface area contributed by atoms with Crippen molar-refractivity contribution < 1.29 is 9.18 Å². The van der Waals surface area contributed by atoms with Gasteiger partial charge in [-0.25, -0.2) is 9.37 Å². The molecule has 0 radical (unpaired) electrons. The first-order valence-electron chi connectivity index (χ1n) is 10.7. The van der Waals surface area contributed by atoms with E-state index in [-0.39, 0.29) is 23.8 Å². The molecule has 0 saturated heterocycles. The molecule has 0 fully saturated rings. The lowest BCUT2D eigenvalue weighted by Gasteiger charge is -2.22. The van der Waals surface area contributed by atoms with E-state index in [4.69, 9.17) is 21.7 Å². The molecular weight excluding hydrogens is 475 g/mol. The van der Waals surface area contributed by atoms with Gasteiger partial charge in [-0.05, 0) is 50.6 Å². The van der Waals surface area contributed by atoms with E-state index >= 15 is 0 Å². The van der Waals surface area contributed by atoms with Gasteiger partial charge in [-0.2, -0.15) is 4.52 Å². The molecule has 34 heavy (non-hydrogen) atoms. The summed E-state index contributed by atoms with van der Waals surface area (Å²) < 4.78 is 15.6. The number of fused-ring (bicyclic) bond motifs is 1. The predicted octanol–water partition coefficient (Wildman–Crippen LogP) is 5.21. The average molecular weight is 501 g/mol. The first-order chi connectivity index (χ1) is 16.1. The summed E-state index contributed by atoms with van der Waals surface area (Å²) in [6.45, 7) is 6.63. The number of anilines is 2. The van der Waals surface area contributed by atoms with Crippen LogP contribution in [0.2, 0.25) is 5.02 Å². The molecular formula is C24H26ClFN6OS. The summed E-state index contributed by atoms with van der Waals surface area (Å²) in [6.07, 6.45) is 0. The molecule has 0 aliphatic carbocycles. The van der Waals surface area contributed by atoms with Crippen molar-refractivity contribution in [3.8, 4) is 11.3 Å². The smallest absolute Gasteiger partial charge is 0.239 e. The van der Waals surface area contributed by atoms with Crippen molar-refractivity contribution in [2.45, 2.75) is 32.9 Å². The van der Waals surface area contributed by atoms with Crippen LogP contribution < -0.4 is 15.5 Å². The molecule has 0 spiro atoms. The van der Waals surface area contributed by atoms with Gasteiger partial charge in [-0.1, -0.05) is 47.2 Å². The number of hydrogen-bond donors (Lipinski definition) is 2. The van der Waals surface area contributed by atoms with Gasteiger partial charge in [0.2, 0.25) is 16.0 Å². The Kier molecular flexibility index (Phi) is 6.77. The molecule has 7 nitrogen and oxygen atoms in total. The van der Waals surface area contributed by atoms with Crippen molar-refractivity contribution >= 4 is 44.8 Å². The van der Waals surface area contributed by atoms with Crippen molar-refractivity contribution in [3.05, 3.63) is 64.9 Å². The van der Waals surface area contributed by atoms with Gasteiger partial charge in [-0.3, -0.25) is 4.79 Å². The Balaban J connectivity index is 1.54. The topological polar surface area (TPSA) is 74.6 Å². The maximum Gasteiger partial charge on any atom is 0.239 e. The SMILES string of the molecule is CN(CC(=O)NCc1cccc(Cl)c1)c1nn2c(NC(C)(C)C)c(-c3cccc(F)c3)nc2s1. The second-order valence-corrected chi connectivity index (χ2v) is 10.4. The lowest BCUT2D eigenvalue weighted by molar-refractivity contribution is -0.119. The molecule has 2 N–H and O–H groups in total. The van der Waals surface area contributed by atoms with Gasteiger partial charge >= 0.3 is 0 Å². The Morgan fingerprint density at radius 2 is 1.97 bits per heavy atom. The van der Waals surface area contributed by atoms with Gasteiger partial charge in [0.25, 0.3) is 0 Å². The highest BCUT2D eigenvalue weighted by molar-refractivity contribution is 7.20. The molecule has 4 aromatic rings. The van der Waals surface area contributed by atoms with E-state index in [0.717, 1.165) is 5.56 Å². The number of rotatable bonds is 7. The Bertz CT molecular complexity index is 1330. The summed E-state index contributed by atoms with van der Waals surface area (Å²) in [5.41, 5.74) is 1.95. The quantitative estimate of drug-likeness (QED) is 0.364. The molecule has 0 saturated carbocycles. The highest BCUT2D eigenvalue weighted by Crippen LogP contribution is 2.34. The molecule has 178 valence electrons. The summed E-state index contributed by atoms with van der Waals surface area (Å²) >= 11 is 7.36. The normalized spacial score (nSPS) is 11.6. The summed E-state index contributed by atoms with van der Waals surface area (Å²) in [6, 6.07) is 13.7. The Labute approximate surface area is 206 Å². The molecule has 0 aliphatic rings. The van der Waals surface area contributed by atoms with Crippen molar-refractivity contribution in [2.24, 2.45) is 0 Å². The van der Waals surface area contributed by atoms with Gasteiger partial charge < -0.3 is 15.5 Å². The van der Waals surface area contributed by atoms with Crippen molar-refractivity contribution in [3.63, 3.8) is 0 Å². The van der Waals surface area contributed by atoms with Gasteiger partial charge in [0.05, 0.1) is 6.54 Å². The predicted molar refractivity (Wildman–Crippen MR) is 136 cm³/mol. The maximum atomic E-state index is 13.9. The third-order valence-corrected chi connectivity index (χ3v) is 6.13. The molecule has 2 aromatic carbocycles. The van der Waals surface area contributed by atoms with Gasteiger partial charge in [0, 0.05) is 29.7 Å². The number of amides is 1. The molecule has 0 aliphatic heterocycles. The highest BCUT2D eigenvalue weighted by Gasteiger charge is 2.23. The molecule has 10 heteroatoms. The summed E-state index contributed by atoms with van der Waals surface area (Å²) in [7, 11) is 1.81. The van der Waals surface area contributed by atoms with E-state index in [9.17, 15) is 9.18 Å². The van der Waals surface area contributed by atoms with Crippen LogP contribution in [0.1, 0.15) is 26.3 Å². The Morgan fingerprint density at radius 1 is 1.21 bits per heavy atom. The van der Waals surface area contributed by atoms with E-state index in [2.05, 4.69) is 10.6 Å². The average Bonchev–Trinajstić information content (AvgIpc) is 3.31. The highest BCUT2D eigenvalue weighted by atomic mass is 35.5. The number of benzene rings is 2. The minimum Gasteiger partial charge on any atom is -0.364 e. The molecule has 0 atom stereocenters. The molecule has 4 rings (SSSR count). The Morgan fingerprint density at radius 3 is 2.68 bits per heavy atom. The number of carbonyl (C=O) groups excluding carboxylic acids is 1. The molecule has 2 heterocycles. The fourth-order valence-electron chi connectivity index (χ4n) is 3.38. The summed E-state index contributed by atoms with van der Waals surface area (Å²) in [5.74, 6) is 0.214. The number of nitrogens with zero attached hydrogens (tertiary/aromatic N) is 4. The molecule has 0 bridgehead atoms. The van der Waals surface area contributed by atoms with Crippen LogP contribution >= 0.6 is 22.9 Å². The van der Waals surface area contributed by atoms with Crippen LogP contribution in [0.5, 0.6) is 0 Å². The first kappa shape index (κ1) is 24.0. The molecule has 2 aromatic heterocycles. The van der Waals surface area contributed by atoms with Crippen LogP contribution in [0.25, 0.3) is 16.2 Å². The number of likely N-dealkylation sites (N-methyl/N-ethyl adjacent to an activating group) is 1. The van der Waals surface area contributed by atoms with E-state index in [1.807, 2.05) is 52.1 Å². The third kappa shape index (κ3) is 5.66. The second kappa shape index (κ2) is 9.60. The van der Waals surface area contributed by atoms with Gasteiger partial charge in [-0.15, -0.1) is 5.10 Å². The van der Waals surface area contributed by atoms with Crippen molar-refractivity contribution in [1.29, 1.82) is 0 Å². The lowest BCUT2D eigenvalue weighted by atomic mass is 10.1. The minimum atomic E-state index is -0.326. The van der Waals surface area contributed by atoms with Crippen LogP contribution in [0.4, 0.5) is 15.3 Å². The number of aromatic nitrogens is 3. The number of nitrogens with one attached hydrogen (secondary N) is 2. The van der Waals surface area contributed by atoms with E-state index < -0.39 is 0 Å². The number of carbonyl (C=O) groups is 1. The van der Waals surface area contributed by atoms with Gasteiger partial charge in [0.1, 0.15) is 11.5 Å². The zero-order valence-electron chi connectivity index (χ0n) is 19.4. The van der Waals surface area contributed by atoms with Crippen LogP contribution in [0, 0.1) is 5.82 Å². The minimum absolute atomic E-state index is 0.135. The largest absolute Gasteiger partial charge is 0.364 e. The van der Waals surface area contributed by atoms with Crippen LogP contribution in [0.15, 0.2) is 48.5 Å². The van der Waals surface area contributed by atoms with Crippen LogP contribution in [-0.4, -0.2) is 39.6 Å². The number of halogens is 2. The van der Waals surface area contributed by atoms with Crippen molar-refractivity contribution in [1.82, 2.24) is 19.9 Å². The maximum absolute atomic E-state index is 13.9. The number of imidazole rings is 1. The monoisotopic (exact) mass is 500 g/mol. The molecule has 1 amide bonds. The fourth-order valence-corrected chi connectivity index (χ4v) is 4.46. The van der Waals surface area contributed by atoms with Crippen LogP contribution in [-0.2, 0) is 11.3 Å².